The normalized spacial score (nSPS) is 16.7. The van der Waals surface area contributed by atoms with E-state index in [1.165, 1.54) is 35.1 Å². The number of rotatable bonds is 7. The maximum absolute atomic E-state index is 13.3. The zero-order valence-electron chi connectivity index (χ0n) is 19.8. The lowest BCUT2D eigenvalue weighted by Crippen LogP contribution is -2.29. The Hall–Kier alpha value is -3.37. The van der Waals surface area contributed by atoms with Crippen molar-refractivity contribution in [2.45, 2.75) is 16.1 Å². The van der Waals surface area contributed by atoms with E-state index in [9.17, 15) is 14.7 Å². The van der Waals surface area contributed by atoms with Gasteiger partial charge < -0.3 is 9.84 Å². The van der Waals surface area contributed by atoms with Crippen LogP contribution in [0.3, 0.4) is 0 Å². The van der Waals surface area contributed by atoms with Gasteiger partial charge in [-0.25, -0.2) is 0 Å². The first-order chi connectivity index (χ1) is 18.4. The fourth-order valence-electron chi connectivity index (χ4n) is 4.01. The molecule has 1 aliphatic heterocycles. The molecule has 7 nitrogen and oxygen atoms in total. The van der Waals surface area contributed by atoms with Crippen molar-refractivity contribution < 1.29 is 19.4 Å². The number of Topliss-reactive ketones (excluding diaryl/α,β-unsaturated/α-hetero) is 1. The number of benzene rings is 3. The number of aromatic nitrogens is 2. The molecule has 1 aliphatic rings. The van der Waals surface area contributed by atoms with Crippen molar-refractivity contribution in [1.29, 1.82) is 0 Å². The first kappa shape index (κ1) is 26.2. The highest BCUT2D eigenvalue weighted by atomic mass is 35.5. The summed E-state index contributed by atoms with van der Waals surface area (Å²) in [6.45, 7) is 0. The van der Waals surface area contributed by atoms with Crippen LogP contribution in [-0.2, 0) is 15.3 Å². The molecule has 0 radical (unpaired) electrons. The van der Waals surface area contributed by atoms with Crippen LogP contribution in [0.4, 0.5) is 5.13 Å². The molecule has 0 aliphatic carbocycles. The van der Waals surface area contributed by atoms with Gasteiger partial charge in [0.05, 0.1) is 18.7 Å². The van der Waals surface area contributed by atoms with Crippen molar-refractivity contribution in [2.75, 3.05) is 12.0 Å². The number of aliphatic hydroxyl groups excluding tert-OH is 1. The predicted molar refractivity (Wildman–Crippen MR) is 150 cm³/mol. The number of amides is 1. The summed E-state index contributed by atoms with van der Waals surface area (Å²) in [5.74, 6) is -0.777. The van der Waals surface area contributed by atoms with Crippen LogP contribution in [0.15, 0.2) is 82.7 Å². The minimum atomic E-state index is -0.927. The SMILES string of the molecule is COc1ccc(C(O)=C2C(=O)C(=O)N(c3nnc(SCc4ccccc4Cl)s3)[C@H]2c2ccc(Cl)cc2)cc1. The number of aliphatic hydroxyl groups is 1. The molecule has 1 fully saturated rings. The number of thioether (sulfide) groups is 1. The third-order valence-corrected chi connectivity index (χ3v) is 8.63. The van der Waals surface area contributed by atoms with Crippen LogP contribution in [0.1, 0.15) is 22.7 Å². The Morgan fingerprint density at radius 2 is 1.74 bits per heavy atom. The number of anilines is 1. The molecule has 192 valence electrons. The number of halogens is 2. The van der Waals surface area contributed by atoms with Crippen LogP contribution in [0.5, 0.6) is 5.75 Å². The van der Waals surface area contributed by atoms with Crippen LogP contribution in [0, 0.1) is 0 Å². The molecule has 0 bridgehead atoms. The summed E-state index contributed by atoms with van der Waals surface area (Å²) in [6, 6.07) is 19.9. The van der Waals surface area contributed by atoms with Crippen molar-refractivity contribution in [3.8, 4) is 5.75 Å². The lowest BCUT2D eigenvalue weighted by Gasteiger charge is -2.22. The number of hydrogen-bond donors (Lipinski definition) is 1. The van der Waals surface area contributed by atoms with Crippen molar-refractivity contribution in [3.63, 3.8) is 0 Å². The topological polar surface area (TPSA) is 92.6 Å². The summed E-state index contributed by atoms with van der Waals surface area (Å²) in [5, 5.41) is 21.1. The Labute approximate surface area is 236 Å². The maximum atomic E-state index is 13.3. The van der Waals surface area contributed by atoms with Crippen LogP contribution >= 0.6 is 46.3 Å². The van der Waals surface area contributed by atoms with Crippen LogP contribution in [0.2, 0.25) is 10.0 Å². The predicted octanol–water partition coefficient (Wildman–Crippen LogP) is 6.77. The Balaban J connectivity index is 1.53. The second-order valence-corrected chi connectivity index (χ2v) is 11.2. The van der Waals surface area contributed by atoms with E-state index in [1.54, 1.807) is 48.5 Å². The highest BCUT2D eigenvalue weighted by Crippen LogP contribution is 2.44. The molecule has 0 unspecified atom stereocenters. The van der Waals surface area contributed by atoms with Gasteiger partial charge in [0, 0.05) is 21.4 Å². The quantitative estimate of drug-likeness (QED) is 0.0843. The summed E-state index contributed by atoms with van der Waals surface area (Å²) >= 11 is 15.0. The monoisotopic (exact) mass is 583 g/mol. The molecule has 1 amide bonds. The molecule has 2 heterocycles. The van der Waals surface area contributed by atoms with Crippen molar-refractivity contribution >= 4 is 68.9 Å². The second kappa shape index (κ2) is 11.2. The fourth-order valence-corrected chi connectivity index (χ4v) is 6.29. The molecule has 38 heavy (non-hydrogen) atoms. The number of hydrogen-bond acceptors (Lipinski definition) is 8. The van der Waals surface area contributed by atoms with E-state index < -0.39 is 17.7 Å². The lowest BCUT2D eigenvalue weighted by molar-refractivity contribution is -0.132. The van der Waals surface area contributed by atoms with Gasteiger partial charge in [-0.3, -0.25) is 14.5 Å². The van der Waals surface area contributed by atoms with Gasteiger partial charge in [-0.2, -0.15) is 0 Å². The van der Waals surface area contributed by atoms with Gasteiger partial charge in [0.2, 0.25) is 5.13 Å². The fraction of sp³-hybridized carbons (Fsp3) is 0.111. The molecule has 5 rings (SSSR count). The van der Waals surface area contributed by atoms with Gasteiger partial charge in [0.15, 0.2) is 4.34 Å². The summed E-state index contributed by atoms with van der Waals surface area (Å²) < 4.78 is 5.79. The van der Waals surface area contributed by atoms with Crippen LogP contribution in [-0.4, -0.2) is 34.1 Å². The van der Waals surface area contributed by atoms with E-state index in [1.807, 2.05) is 24.3 Å². The van der Waals surface area contributed by atoms with Crippen molar-refractivity contribution in [2.24, 2.45) is 0 Å². The molecule has 4 aromatic rings. The standard InChI is InChI=1S/C27H19Cl2N3O4S2/c1-36-19-12-8-16(9-13-19)23(33)21-22(15-6-10-18(28)11-7-15)32(25(35)24(21)34)26-30-31-27(38-26)37-14-17-4-2-3-5-20(17)29/h2-13,22,33H,14H2,1H3/t22-/m0/s1. The van der Waals surface area contributed by atoms with Crippen LogP contribution < -0.4 is 9.64 Å². The van der Waals surface area contributed by atoms with Gasteiger partial charge in [0.25, 0.3) is 5.78 Å². The number of ether oxygens (including phenoxy) is 1. The molecule has 11 heteroatoms. The van der Waals surface area contributed by atoms with E-state index in [-0.39, 0.29) is 16.5 Å². The van der Waals surface area contributed by atoms with Gasteiger partial charge in [-0.15, -0.1) is 10.2 Å². The lowest BCUT2D eigenvalue weighted by atomic mass is 9.95. The number of carbonyl (C=O) groups excluding carboxylic acids is 2. The maximum Gasteiger partial charge on any atom is 0.301 e. The van der Waals surface area contributed by atoms with Crippen molar-refractivity contribution in [3.05, 3.63) is 105 Å². The summed E-state index contributed by atoms with van der Waals surface area (Å²) in [5.41, 5.74) is 1.85. The molecule has 0 saturated carbocycles. The number of nitrogens with zero attached hydrogens (tertiary/aromatic N) is 3. The highest BCUT2D eigenvalue weighted by Gasteiger charge is 2.48. The minimum Gasteiger partial charge on any atom is -0.507 e. The highest BCUT2D eigenvalue weighted by molar-refractivity contribution is 8.00. The number of methoxy groups -OCH3 is 1. The molecule has 1 saturated heterocycles. The summed E-state index contributed by atoms with van der Waals surface area (Å²) in [6.07, 6.45) is 0. The first-order valence-corrected chi connectivity index (χ1v) is 13.8. The average molecular weight is 585 g/mol. The average Bonchev–Trinajstić information content (AvgIpc) is 3.50. The van der Waals surface area contributed by atoms with E-state index in [0.29, 0.717) is 37.0 Å². The zero-order chi connectivity index (χ0) is 26.8. The summed E-state index contributed by atoms with van der Waals surface area (Å²) in [7, 11) is 1.53. The van der Waals surface area contributed by atoms with Gasteiger partial charge >= 0.3 is 5.91 Å². The summed E-state index contributed by atoms with van der Waals surface area (Å²) in [4.78, 5) is 27.9. The third kappa shape index (κ3) is 5.15. The molecule has 1 N–H and O–H groups in total. The van der Waals surface area contributed by atoms with E-state index in [4.69, 9.17) is 27.9 Å². The smallest absolute Gasteiger partial charge is 0.301 e. The van der Waals surface area contributed by atoms with Gasteiger partial charge in [-0.1, -0.05) is 76.6 Å². The molecular weight excluding hydrogens is 565 g/mol. The largest absolute Gasteiger partial charge is 0.507 e. The number of carbonyl (C=O) groups is 2. The Morgan fingerprint density at radius 3 is 2.42 bits per heavy atom. The van der Waals surface area contributed by atoms with E-state index >= 15 is 0 Å². The van der Waals surface area contributed by atoms with Crippen molar-refractivity contribution in [1.82, 2.24) is 10.2 Å². The molecule has 3 aromatic carbocycles. The zero-order valence-corrected chi connectivity index (χ0v) is 22.9. The first-order valence-electron chi connectivity index (χ1n) is 11.3. The Bertz CT molecular complexity index is 1540. The molecule has 1 aromatic heterocycles. The Kier molecular flexibility index (Phi) is 7.71. The molecule has 1 atom stereocenters. The van der Waals surface area contributed by atoms with Crippen LogP contribution in [0.25, 0.3) is 5.76 Å². The van der Waals surface area contributed by atoms with Gasteiger partial charge in [-0.05, 0) is 53.6 Å². The van der Waals surface area contributed by atoms with E-state index in [0.717, 1.165) is 5.56 Å². The van der Waals surface area contributed by atoms with Gasteiger partial charge in [0.1, 0.15) is 11.5 Å². The minimum absolute atomic E-state index is 0.0528. The number of ketones is 1. The third-order valence-electron chi connectivity index (χ3n) is 5.90. The molecule has 0 spiro atoms. The molecular formula is C27H19Cl2N3O4S2. The Morgan fingerprint density at radius 1 is 1.03 bits per heavy atom. The van der Waals surface area contributed by atoms with E-state index in [2.05, 4.69) is 10.2 Å². The second-order valence-electron chi connectivity index (χ2n) is 8.18.